The fourth-order valence-corrected chi connectivity index (χ4v) is 5.05. The van der Waals surface area contributed by atoms with E-state index in [1.807, 2.05) is 49.2 Å². The molecule has 0 saturated carbocycles. The number of rotatable bonds is 6. The van der Waals surface area contributed by atoms with Crippen molar-refractivity contribution in [3.8, 4) is 0 Å². The molecule has 0 radical (unpaired) electrons. The lowest BCUT2D eigenvalue weighted by Crippen LogP contribution is -2.41. The van der Waals surface area contributed by atoms with Gasteiger partial charge >= 0.3 is 0 Å². The van der Waals surface area contributed by atoms with Gasteiger partial charge in [-0.15, -0.1) is 10.2 Å². The minimum atomic E-state index is -3.05. The van der Waals surface area contributed by atoms with Crippen molar-refractivity contribution in [3.05, 3.63) is 53.7 Å². The smallest absolute Gasteiger partial charge is 0.274 e. The molecule has 0 bridgehead atoms. The van der Waals surface area contributed by atoms with Crippen molar-refractivity contribution in [2.24, 2.45) is 0 Å². The molecule has 27 heavy (non-hydrogen) atoms. The third kappa shape index (κ3) is 4.63. The molecular weight excluding hydrogens is 364 g/mol. The normalized spacial score (nSPS) is 18.2. The Hall–Kier alpha value is -2.48. The van der Waals surface area contributed by atoms with Crippen molar-refractivity contribution in [1.29, 1.82) is 0 Å². The first-order chi connectivity index (χ1) is 12.9. The molecule has 1 aromatic heterocycles. The highest BCUT2D eigenvalue weighted by Gasteiger charge is 2.34. The zero-order valence-corrected chi connectivity index (χ0v) is 16.4. The van der Waals surface area contributed by atoms with Crippen LogP contribution in [0.2, 0.25) is 0 Å². The van der Waals surface area contributed by atoms with Gasteiger partial charge in [-0.1, -0.05) is 30.3 Å². The molecule has 0 N–H and O–H groups in total. The SMILES string of the molecule is CCN(C(=O)c1ccc(N(C)Cc2ccccc2)nn1)C1CCS(=O)(=O)C1. The predicted molar refractivity (Wildman–Crippen MR) is 104 cm³/mol. The lowest BCUT2D eigenvalue weighted by atomic mass is 10.2. The van der Waals surface area contributed by atoms with Gasteiger partial charge in [0, 0.05) is 26.2 Å². The Balaban J connectivity index is 1.69. The van der Waals surface area contributed by atoms with Gasteiger partial charge < -0.3 is 9.80 Å². The summed E-state index contributed by atoms with van der Waals surface area (Å²) < 4.78 is 23.4. The Bertz CT molecular complexity index is 885. The van der Waals surface area contributed by atoms with Crippen LogP contribution >= 0.6 is 0 Å². The van der Waals surface area contributed by atoms with Crippen LogP contribution in [-0.4, -0.2) is 60.6 Å². The number of anilines is 1. The summed E-state index contributed by atoms with van der Waals surface area (Å²) in [5.74, 6) is 0.556. The van der Waals surface area contributed by atoms with Gasteiger partial charge in [0.1, 0.15) is 0 Å². The van der Waals surface area contributed by atoms with Gasteiger partial charge in [-0.3, -0.25) is 4.79 Å². The van der Waals surface area contributed by atoms with E-state index in [1.165, 1.54) is 0 Å². The molecule has 1 aliphatic rings. The molecule has 1 unspecified atom stereocenters. The summed E-state index contributed by atoms with van der Waals surface area (Å²) in [6.07, 6.45) is 0.479. The van der Waals surface area contributed by atoms with Crippen LogP contribution in [0.4, 0.5) is 5.82 Å². The number of hydrogen-bond acceptors (Lipinski definition) is 6. The van der Waals surface area contributed by atoms with E-state index in [4.69, 9.17) is 0 Å². The van der Waals surface area contributed by atoms with Gasteiger partial charge in [0.25, 0.3) is 5.91 Å². The van der Waals surface area contributed by atoms with E-state index in [0.29, 0.717) is 25.3 Å². The summed E-state index contributed by atoms with van der Waals surface area (Å²) in [6, 6.07) is 13.2. The van der Waals surface area contributed by atoms with Crippen molar-refractivity contribution in [2.75, 3.05) is 30.0 Å². The minimum absolute atomic E-state index is 0.0257. The average molecular weight is 388 g/mol. The van der Waals surface area contributed by atoms with E-state index in [1.54, 1.807) is 17.0 Å². The van der Waals surface area contributed by atoms with Crippen LogP contribution in [0.3, 0.4) is 0 Å². The highest BCUT2D eigenvalue weighted by Crippen LogP contribution is 2.20. The number of nitrogens with zero attached hydrogens (tertiary/aromatic N) is 4. The second kappa shape index (κ2) is 8.04. The molecule has 1 amide bonds. The van der Waals surface area contributed by atoms with E-state index >= 15 is 0 Å². The molecule has 1 aliphatic heterocycles. The Morgan fingerprint density at radius 3 is 2.44 bits per heavy atom. The summed E-state index contributed by atoms with van der Waals surface area (Å²) in [4.78, 5) is 16.3. The summed E-state index contributed by atoms with van der Waals surface area (Å²) in [5.41, 5.74) is 1.39. The van der Waals surface area contributed by atoms with Crippen LogP contribution in [0.15, 0.2) is 42.5 Å². The zero-order chi connectivity index (χ0) is 19.4. The molecule has 1 saturated heterocycles. The number of aromatic nitrogens is 2. The van der Waals surface area contributed by atoms with E-state index in [0.717, 1.165) is 5.56 Å². The largest absolute Gasteiger partial charge is 0.354 e. The number of carbonyl (C=O) groups excluding carboxylic acids is 1. The van der Waals surface area contributed by atoms with Crippen LogP contribution in [0, 0.1) is 0 Å². The summed E-state index contributed by atoms with van der Waals surface area (Å²) in [5, 5.41) is 8.26. The van der Waals surface area contributed by atoms with Gasteiger partial charge in [-0.25, -0.2) is 8.42 Å². The Labute approximate surface area is 159 Å². The number of hydrogen-bond donors (Lipinski definition) is 0. The Morgan fingerprint density at radius 2 is 1.89 bits per heavy atom. The molecule has 2 aromatic rings. The van der Waals surface area contributed by atoms with E-state index in [9.17, 15) is 13.2 Å². The second-order valence-electron chi connectivity index (χ2n) is 6.77. The topological polar surface area (TPSA) is 83.5 Å². The third-order valence-corrected chi connectivity index (χ3v) is 6.52. The number of amides is 1. The maximum absolute atomic E-state index is 12.8. The van der Waals surface area contributed by atoms with Crippen molar-refractivity contribution in [2.45, 2.75) is 25.9 Å². The maximum Gasteiger partial charge on any atom is 0.274 e. The van der Waals surface area contributed by atoms with Crippen LogP contribution < -0.4 is 4.90 Å². The Kier molecular flexibility index (Phi) is 5.74. The molecule has 8 heteroatoms. The summed E-state index contributed by atoms with van der Waals surface area (Å²) >= 11 is 0. The second-order valence-corrected chi connectivity index (χ2v) is 9.00. The van der Waals surface area contributed by atoms with Gasteiger partial charge in [0.2, 0.25) is 0 Å². The molecular formula is C19H24N4O3S. The van der Waals surface area contributed by atoms with Crippen molar-refractivity contribution >= 4 is 21.6 Å². The van der Waals surface area contributed by atoms with Gasteiger partial charge in [-0.05, 0) is 31.0 Å². The van der Waals surface area contributed by atoms with E-state index < -0.39 is 9.84 Å². The molecule has 2 heterocycles. The molecule has 1 atom stereocenters. The highest BCUT2D eigenvalue weighted by atomic mass is 32.2. The third-order valence-electron chi connectivity index (χ3n) is 4.77. The van der Waals surface area contributed by atoms with E-state index in [2.05, 4.69) is 10.2 Å². The monoisotopic (exact) mass is 388 g/mol. The quantitative estimate of drug-likeness (QED) is 0.750. The van der Waals surface area contributed by atoms with Gasteiger partial charge in [0.15, 0.2) is 21.3 Å². The minimum Gasteiger partial charge on any atom is -0.354 e. The van der Waals surface area contributed by atoms with Crippen LogP contribution in [0.1, 0.15) is 29.4 Å². The van der Waals surface area contributed by atoms with Crippen molar-refractivity contribution in [1.82, 2.24) is 15.1 Å². The lowest BCUT2D eigenvalue weighted by Gasteiger charge is -2.26. The lowest BCUT2D eigenvalue weighted by molar-refractivity contribution is 0.0701. The standard InChI is InChI=1S/C19H24N4O3S/c1-3-23(16-11-12-27(25,26)14-16)19(24)17-9-10-18(21-20-17)22(2)13-15-7-5-4-6-8-15/h4-10,16H,3,11-14H2,1-2H3. The van der Waals surface area contributed by atoms with Crippen molar-refractivity contribution < 1.29 is 13.2 Å². The number of sulfone groups is 1. The molecule has 7 nitrogen and oxygen atoms in total. The first kappa shape index (κ1) is 19.3. The molecule has 144 valence electrons. The first-order valence-corrected chi connectivity index (χ1v) is 10.8. The Morgan fingerprint density at radius 1 is 1.15 bits per heavy atom. The molecule has 3 rings (SSSR count). The van der Waals surface area contributed by atoms with Gasteiger partial charge in [-0.2, -0.15) is 0 Å². The molecule has 0 spiro atoms. The molecule has 1 fully saturated rings. The molecule has 0 aliphatic carbocycles. The van der Waals surface area contributed by atoms with Crippen molar-refractivity contribution in [3.63, 3.8) is 0 Å². The number of benzene rings is 1. The molecule has 1 aromatic carbocycles. The summed E-state index contributed by atoms with van der Waals surface area (Å²) in [6.45, 7) is 2.97. The van der Waals surface area contributed by atoms with Crippen LogP contribution in [0.5, 0.6) is 0 Å². The van der Waals surface area contributed by atoms with Gasteiger partial charge in [0.05, 0.1) is 11.5 Å². The first-order valence-electron chi connectivity index (χ1n) is 9.00. The maximum atomic E-state index is 12.8. The average Bonchev–Trinajstić information content (AvgIpc) is 3.02. The highest BCUT2D eigenvalue weighted by molar-refractivity contribution is 7.91. The summed E-state index contributed by atoms with van der Waals surface area (Å²) in [7, 11) is -1.13. The number of carbonyl (C=O) groups is 1. The fourth-order valence-electron chi connectivity index (χ4n) is 3.32. The van der Waals surface area contributed by atoms with Crippen LogP contribution in [-0.2, 0) is 16.4 Å². The fraction of sp³-hybridized carbons (Fsp3) is 0.421. The predicted octanol–water partition coefficient (Wildman–Crippen LogP) is 1.76. The zero-order valence-electron chi connectivity index (χ0n) is 15.6. The van der Waals surface area contributed by atoms with E-state index in [-0.39, 0.29) is 29.1 Å². The van der Waals surface area contributed by atoms with Crippen LogP contribution in [0.25, 0.3) is 0 Å².